The second kappa shape index (κ2) is 9.33. The SMILES string of the molecule is CCC(=O)Nc1ccc(C(C)NC(=O)c2cc(C(C)C)nc3c2c(C)nn3C(C)(C)C)cc1. The number of carbonyl (C=O) groups is 2. The smallest absolute Gasteiger partial charge is 0.252 e. The number of hydrogen-bond acceptors (Lipinski definition) is 4. The average molecular weight is 450 g/mol. The number of benzene rings is 1. The Morgan fingerprint density at radius 3 is 2.27 bits per heavy atom. The fourth-order valence-corrected chi connectivity index (χ4v) is 3.71. The van der Waals surface area contributed by atoms with Gasteiger partial charge in [0, 0.05) is 17.8 Å². The number of nitrogens with zero attached hydrogens (tertiary/aromatic N) is 3. The molecule has 1 unspecified atom stereocenters. The van der Waals surface area contributed by atoms with Crippen LogP contribution in [0.1, 0.15) is 94.2 Å². The van der Waals surface area contributed by atoms with E-state index in [4.69, 9.17) is 10.1 Å². The molecule has 2 amide bonds. The Morgan fingerprint density at radius 2 is 1.73 bits per heavy atom. The van der Waals surface area contributed by atoms with Crippen LogP contribution in [0.15, 0.2) is 30.3 Å². The van der Waals surface area contributed by atoms with Crippen molar-refractivity contribution in [1.29, 1.82) is 0 Å². The number of fused-ring (bicyclic) bond motifs is 1. The maximum absolute atomic E-state index is 13.4. The fraction of sp³-hybridized carbons (Fsp3) is 0.462. The Morgan fingerprint density at radius 1 is 1.09 bits per heavy atom. The average Bonchev–Trinajstić information content (AvgIpc) is 3.10. The molecule has 0 aliphatic heterocycles. The number of aromatic nitrogens is 3. The van der Waals surface area contributed by atoms with E-state index in [1.807, 2.05) is 55.8 Å². The number of amides is 2. The molecule has 7 heteroatoms. The Labute approximate surface area is 196 Å². The standard InChI is InChI=1S/C26H35N5O2/c1-9-22(32)28-19-12-10-18(11-13-19)16(4)27-25(33)20-14-21(15(2)3)29-24-23(20)17(5)30-31(24)26(6,7)8/h10-16H,9H2,1-8H3,(H,27,33)(H,28,32). The number of aryl methyl sites for hydroxylation is 1. The molecule has 176 valence electrons. The van der Waals surface area contributed by atoms with Gasteiger partial charge < -0.3 is 10.6 Å². The Hall–Kier alpha value is -3.22. The quantitative estimate of drug-likeness (QED) is 0.523. The molecule has 0 radical (unpaired) electrons. The van der Waals surface area contributed by atoms with Crippen LogP contribution < -0.4 is 10.6 Å². The summed E-state index contributed by atoms with van der Waals surface area (Å²) in [4.78, 5) is 29.9. The van der Waals surface area contributed by atoms with Crippen LogP contribution in [0.5, 0.6) is 0 Å². The topological polar surface area (TPSA) is 88.9 Å². The van der Waals surface area contributed by atoms with Crippen LogP contribution in [0.4, 0.5) is 5.69 Å². The normalized spacial score (nSPS) is 12.8. The van der Waals surface area contributed by atoms with Gasteiger partial charge in [-0.1, -0.05) is 32.9 Å². The first-order valence-corrected chi connectivity index (χ1v) is 11.5. The Bertz CT molecular complexity index is 1170. The van der Waals surface area contributed by atoms with Gasteiger partial charge in [0.15, 0.2) is 5.65 Å². The minimum atomic E-state index is -0.259. The van der Waals surface area contributed by atoms with Gasteiger partial charge in [0.1, 0.15) is 0 Å². The summed E-state index contributed by atoms with van der Waals surface area (Å²) in [6.45, 7) is 16.1. The van der Waals surface area contributed by atoms with Crippen molar-refractivity contribution in [3.63, 3.8) is 0 Å². The van der Waals surface area contributed by atoms with Crippen molar-refractivity contribution in [2.45, 2.75) is 79.3 Å². The maximum atomic E-state index is 13.4. The van der Waals surface area contributed by atoms with Crippen molar-refractivity contribution in [3.8, 4) is 0 Å². The zero-order valence-electron chi connectivity index (χ0n) is 20.9. The first-order valence-electron chi connectivity index (χ1n) is 11.5. The molecule has 2 N–H and O–H groups in total. The van der Waals surface area contributed by atoms with Crippen molar-refractivity contribution < 1.29 is 9.59 Å². The monoisotopic (exact) mass is 449 g/mol. The van der Waals surface area contributed by atoms with Crippen molar-refractivity contribution in [2.24, 2.45) is 0 Å². The van der Waals surface area contributed by atoms with E-state index in [2.05, 4.69) is 45.3 Å². The van der Waals surface area contributed by atoms with E-state index in [0.29, 0.717) is 12.0 Å². The van der Waals surface area contributed by atoms with Crippen LogP contribution in [0.25, 0.3) is 11.0 Å². The molecular weight excluding hydrogens is 414 g/mol. The van der Waals surface area contributed by atoms with E-state index in [1.165, 1.54) is 0 Å². The van der Waals surface area contributed by atoms with Gasteiger partial charge >= 0.3 is 0 Å². The van der Waals surface area contributed by atoms with Gasteiger partial charge in [-0.05, 0) is 64.3 Å². The molecule has 0 saturated heterocycles. The minimum Gasteiger partial charge on any atom is -0.345 e. The van der Waals surface area contributed by atoms with Crippen LogP contribution in [0, 0.1) is 6.92 Å². The zero-order chi connectivity index (χ0) is 24.5. The summed E-state index contributed by atoms with van der Waals surface area (Å²) in [5.41, 5.74) is 4.42. The number of hydrogen-bond donors (Lipinski definition) is 2. The molecule has 33 heavy (non-hydrogen) atoms. The van der Waals surface area contributed by atoms with E-state index in [1.54, 1.807) is 0 Å². The van der Waals surface area contributed by atoms with Crippen LogP contribution in [0.3, 0.4) is 0 Å². The largest absolute Gasteiger partial charge is 0.345 e. The predicted molar refractivity (Wildman–Crippen MR) is 133 cm³/mol. The highest BCUT2D eigenvalue weighted by molar-refractivity contribution is 6.06. The molecule has 0 aliphatic rings. The Balaban J connectivity index is 1.94. The molecule has 0 fully saturated rings. The molecule has 1 atom stereocenters. The zero-order valence-corrected chi connectivity index (χ0v) is 20.9. The van der Waals surface area contributed by atoms with Crippen molar-refractivity contribution >= 4 is 28.5 Å². The van der Waals surface area contributed by atoms with E-state index < -0.39 is 0 Å². The van der Waals surface area contributed by atoms with Crippen LogP contribution in [0.2, 0.25) is 0 Å². The number of carbonyl (C=O) groups excluding carboxylic acids is 2. The summed E-state index contributed by atoms with van der Waals surface area (Å²) < 4.78 is 1.91. The van der Waals surface area contributed by atoms with Gasteiger partial charge in [-0.25, -0.2) is 9.67 Å². The Kier molecular flexibility index (Phi) is 6.91. The summed E-state index contributed by atoms with van der Waals surface area (Å²) in [5.74, 6) is -0.0115. The summed E-state index contributed by atoms with van der Waals surface area (Å²) in [6.07, 6.45) is 0.429. The molecule has 0 aliphatic carbocycles. The van der Waals surface area contributed by atoms with Gasteiger partial charge in [0.05, 0.1) is 28.2 Å². The number of anilines is 1. The molecule has 2 heterocycles. The number of pyridine rings is 1. The van der Waals surface area contributed by atoms with Gasteiger partial charge in [0.2, 0.25) is 5.91 Å². The molecule has 1 aromatic carbocycles. The van der Waals surface area contributed by atoms with Crippen molar-refractivity contribution in [2.75, 3.05) is 5.32 Å². The first kappa shape index (κ1) is 24.4. The highest BCUT2D eigenvalue weighted by Crippen LogP contribution is 2.29. The molecule has 0 spiro atoms. The van der Waals surface area contributed by atoms with E-state index in [0.717, 1.165) is 33.7 Å². The fourth-order valence-electron chi connectivity index (χ4n) is 3.71. The van der Waals surface area contributed by atoms with Gasteiger partial charge in [-0.3, -0.25) is 9.59 Å². The molecular formula is C26H35N5O2. The molecule has 2 aromatic heterocycles. The number of nitrogens with one attached hydrogen (secondary N) is 2. The van der Waals surface area contributed by atoms with Gasteiger partial charge in [0.25, 0.3) is 5.91 Å². The van der Waals surface area contributed by atoms with Crippen LogP contribution in [-0.2, 0) is 10.3 Å². The minimum absolute atomic E-state index is 0.0297. The lowest BCUT2D eigenvalue weighted by molar-refractivity contribution is -0.115. The lowest BCUT2D eigenvalue weighted by atomic mass is 10.0. The highest BCUT2D eigenvalue weighted by Gasteiger charge is 2.25. The lowest BCUT2D eigenvalue weighted by Gasteiger charge is -2.21. The summed E-state index contributed by atoms with van der Waals surface area (Å²) in [6, 6.07) is 9.22. The summed E-state index contributed by atoms with van der Waals surface area (Å²) in [7, 11) is 0. The molecule has 7 nitrogen and oxygen atoms in total. The highest BCUT2D eigenvalue weighted by atomic mass is 16.2. The third-order valence-corrected chi connectivity index (χ3v) is 5.67. The second-order valence-electron chi connectivity index (χ2n) is 9.83. The van der Waals surface area contributed by atoms with E-state index in [9.17, 15) is 9.59 Å². The van der Waals surface area contributed by atoms with Crippen LogP contribution >= 0.6 is 0 Å². The van der Waals surface area contributed by atoms with Crippen molar-refractivity contribution in [3.05, 3.63) is 52.8 Å². The van der Waals surface area contributed by atoms with E-state index >= 15 is 0 Å². The maximum Gasteiger partial charge on any atom is 0.252 e. The molecule has 3 rings (SSSR count). The number of rotatable bonds is 6. The second-order valence-corrected chi connectivity index (χ2v) is 9.83. The third kappa shape index (κ3) is 5.24. The van der Waals surface area contributed by atoms with E-state index in [-0.39, 0.29) is 29.3 Å². The third-order valence-electron chi connectivity index (χ3n) is 5.67. The molecule has 0 bridgehead atoms. The lowest BCUT2D eigenvalue weighted by Crippen LogP contribution is -2.27. The van der Waals surface area contributed by atoms with Crippen LogP contribution in [-0.4, -0.2) is 26.6 Å². The van der Waals surface area contributed by atoms with Gasteiger partial charge in [-0.2, -0.15) is 5.10 Å². The first-order chi connectivity index (χ1) is 15.4. The molecule has 0 saturated carbocycles. The summed E-state index contributed by atoms with van der Waals surface area (Å²) >= 11 is 0. The molecule has 3 aromatic rings. The van der Waals surface area contributed by atoms with Gasteiger partial charge in [-0.15, -0.1) is 0 Å². The predicted octanol–water partition coefficient (Wildman–Crippen LogP) is 5.46. The van der Waals surface area contributed by atoms with Crippen molar-refractivity contribution in [1.82, 2.24) is 20.1 Å². The summed E-state index contributed by atoms with van der Waals surface area (Å²) in [5, 5.41) is 11.5.